The van der Waals surface area contributed by atoms with Gasteiger partial charge in [-0.2, -0.15) is 10.2 Å². The summed E-state index contributed by atoms with van der Waals surface area (Å²) in [4.78, 5) is 38.7. The van der Waals surface area contributed by atoms with Gasteiger partial charge in [0.05, 0.1) is 31.6 Å². The Bertz CT molecular complexity index is 1390. The van der Waals surface area contributed by atoms with E-state index in [-0.39, 0.29) is 17.8 Å². The molecule has 0 spiro atoms. The van der Waals surface area contributed by atoms with Crippen molar-refractivity contribution in [3.05, 3.63) is 66.5 Å². The van der Waals surface area contributed by atoms with Gasteiger partial charge >= 0.3 is 6.03 Å². The fraction of sp³-hybridized carbons (Fsp3) is 0.208. The summed E-state index contributed by atoms with van der Waals surface area (Å²) in [6.45, 7) is 1.86. The maximum atomic E-state index is 13.1. The molecule has 1 saturated heterocycles. The molecule has 1 aliphatic heterocycles. The molecule has 0 saturated carbocycles. The van der Waals surface area contributed by atoms with Gasteiger partial charge < -0.3 is 15.4 Å². The average molecular weight is 473 g/mol. The van der Waals surface area contributed by atoms with Crippen LogP contribution in [0.4, 0.5) is 16.3 Å². The second-order valence-electron chi connectivity index (χ2n) is 7.91. The Morgan fingerprint density at radius 1 is 1.14 bits per heavy atom. The predicted molar refractivity (Wildman–Crippen MR) is 128 cm³/mol. The Balaban J connectivity index is 1.41. The van der Waals surface area contributed by atoms with Crippen molar-refractivity contribution in [1.82, 2.24) is 24.6 Å². The minimum atomic E-state index is -0.424. The van der Waals surface area contributed by atoms with Gasteiger partial charge in [-0.15, -0.1) is 0 Å². The molecule has 35 heavy (non-hydrogen) atoms. The van der Waals surface area contributed by atoms with Crippen LogP contribution in [0.1, 0.15) is 24.9 Å². The molecular weight excluding hydrogens is 450 g/mol. The number of nitrogens with one attached hydrogen (secondary N) is 2. The number of imidazole rings is 1. The van der Waals surface area contributed by atoms with Crippen LogP contribution in [0.3, 0.4) is 0 Å². The molecule has 178 valence electrons. The fourth-order valence-corrected chi connectivity index (χ4v) is 3.94. The quantitative estimate of drug-likeness (QED) is 0.453. The number of rotatable bonds is 5. The number of amides is 3. The molecule has 4 aromatic rings. The third-order valence-corrected chi connectivity index (χ3v) is 5.50. The number of carbonyl (C=O) groups is 2. The molecular formula is C24H23N7O4. The standard InChI is InChI=1S/C24H23N7O4/c1-15(32)26-21-14-30-22(28-21)9-8-18(29-30)17-12-19(23(34-2)25-13-17)27-24(33)31-20(10-11-35-31)16-6-4-3-5-7-16/h3-9,12-14,20H,10-11H2,1-2H3,(H,26,32)(H,27,33). The first-order valence-corrected chi connectivity index (χ1v) is 11.0. The van der Waals surface area contributed by atoms with E-state index in [9.17, 15) is 9.59 Å². The van der Waals surface area contributed by atoms with Crippen molar-refractivity contribution in [1.29, 1.82) is 0 Å². The molecule has 11 nitrogen and oxygen atoms in total. The highest BCUT2D eigenvalue weighted by atomic mass is 16.7. The number of carbonyl (C=O) groups excluding carboxylic acids is 2. The van der Waals surface area contributed by atoms with E-state index in [2.05, 4.69) is 25.7 Å². The largest absolute Gasteiger partial charge is 0.480 e. The van der Waals surface area contributed by atoms with Crippen LogP contribution in [-0.2, 0) is 9.63 Å². The molecule has 3 amide bonds. The van der Waals surface area contributed by atoms with Gasteiger partial charge in [0.2, 0.25) is 11.8 Å². The van der Waals surface area contributed by atoms with E-state index in [4.69, 9.17) is 9.57 Å². The Morgan fingerprint density at radius 2 is 1.97 bits per heavy atom. The number of hydroxylamine groups is 2. The summed E-state index contributed by atoms with van der Waals surface area (Å²) < 4.78 is 6.92. The number of ether oxygens (including phenoxy) is 1. The second kappa shape index (κ2) is 9.39. The Hall–Kier alpha value is -4.51. The minimum absolute atomic E-state index is 0.193. The highest BCUT2D eigenvalue weighted by Crippen LogP contribution is 2.32. The predicted octanol–water partition coefficient (Wildman–Crippen LogP) is 3.67. The lowest BCUT2D eigenvalue weighted by atomic mass is 10.1. The van der Waals surface area contributed by atoms with Crippen LogP contribution in [0.2, 0.25) is 0 Å². The smallest absolute Gasteiger partial charge is 0.346 e. The molecule has 11 heteroatoms. The highest BCUT2D eigenvalue weighted by Gasteiger charge is 2.32. The summed E-state index contributed by atoms with van der Waals surface area (Å²) in [5, 5.41) is 11.4. The van der Waals surface area contributed by atoms with Crippen LogP contribution in [0.15, 0.2) is 60.9 Å². The van der Waals surface area contributed by atoms with Crippen molar-refractivity contribution in [2.45, 2.75) is 19.4 Å². The molecule has 1 atom stereocenters. The lowest BCUT2D eigenvalue weighted by Gasteiger charge is -2.23. The van der Waals surface area contributed by atoms with E-state index in [0.29, 0.717) is 41.4 Å². The summed E-state index contributed by atoms with van der Waals surface area (Å²) in [6.07, 6.45) is 3.92. The number of nitrogens with zero attached hydrogens (tertiary/aromatic N) is 5. The van der Waals surface area contributed by atoms with E-state index in [0.717, 1.165) is 5.56 Å². The van der Waals surface area contributed by atoms with E-state index < -0.39 is 6.03 Å². The Labute approximate surface area is 200 Å². The zero-order chi connectivity index (χ0) is 24.4. The van der Waals surface area contributed by atoms with Crippen molar-refractivity contribution in [2.24, 2.45) is 0 Å². The molecule has 1 fully saturated rings. The van der Waals surface area contributed by atoms with Crippen LogP contribution < -0.4 is 15.4 Å². The number of hydrogen-bond donors (Lipinski definition) is 2. The topological polar surface area (TPSA) is 123 Å². The number of anilines is 2. The number of benzene rings is 1. The van der Waals surface area contributed by atoms with Gasteiger partial charge in [0.1, 0.15) is 5.69 Å². The lowest BCUT2D eigenvalue weighted by molar-refractivity contribution is -0.114. The van der Waals surface area contributed by atoms with Gasteiger partial charge in [0.15, 0.2) is 11.5 Å². The number of urea groups is 1. The lowest BCUT2D eigenvalue weighted by Crippen LogP contribution is -2.33. The van der Waals surface area contributed by atoms with E-state index in [1.54, 1.807) is 35.1 Å². The average Bonchev–Trinajstić information content (AvgIpc) is 3.50. The third-order valence-electron chi connectivity index (χ3n) is 5.50. The molecule has 1 aliphatic rings. The Kier molecular flexibility index (Phi) is 5.98. The van der Waals surface area contributed by atoms with Crippen molar-refractivity contribution < 1.29 is 19.2 Å². The zero-order valence-electron chi connectivity index (χ0n) is 19.1. The van der Waals surface area contributed by atoms with Crippen LogP contribution in [0, 0.1) is 0 Å². The molecule has 3 aromatic heterocycles. The SMILES string of the molecule is COc1ncc(-c2ccc3nc(NC(C)=O)cn3n2)cc1NC(=O)N1OCCC1c1ccccc1. The van der Waals surface area contributed by atoms with E-state index >= 15 is 0 Å². The molecule has 0 radical (unpaired) electrons. The number of hydrogen-bond acceptors (Lipinski definition) is 7. The van der Waals surface area contributed by atoms with Gasteiger partial charge in [-0.25, -0.2) is 19.3 Å². The van der Waals surface area contributed by atoms with Crippen molar-refractivity contribution in [2.75, 3.05) is 24.4 Å². The van der Waals surface area contributed by atoms with E-state index in [1.165, 1.54) is 19.1 Å². The fourth-order valence-electron chi connectivity index (χ4n) is 3.94. The molecule has 0 aliphatic carbocycles. The maximum absolute atomic E-state index is 13.1. The van der Waals surface area contributed by atoms with Crippen LogP contribution in [0.25, 0.3) is 16.9 Å². The molecule has 5 rings (SSSR count). The van der Waals surface area contributed by atoms with Crippen LogP contribution in [-0.4, -0.2) is 50.3 Å². The van der Waals surface area contributed by atoms with Crippen molar-refractivity contribution >= 4 is 29.1 Å². The van der Waals surface area contributed by atoms with Crippen LogP contribution >= 0.6 is 0 Å². The minimum Gasteiger partial charge on any atom is -0.480 e. The van der Waals surface area contributed by atoms with Gasteiger partial charge in [-0.05, 0) is 23.8 Å². The monoisotopic (exact) mass is 473 g/mol. The number of pyridine rings is 1. The first-order chi connectivity index (χ1) is 17.0. The highest BCUT2D eigenvalue weighted by molar-refractivity contribution is 5.91. The molecule has 0 bridgehead atoms. The second-order valence-corrected chi connectivity index (χ2v) is 7.91. The molecule has 4 heterocycles. The van der Waals surface area contributed by atoms with Gasteiger partial charge in [-0.3, -0.25) is 9.63 Å². The first kappa shape index (κ1) is 22.3. The number of aromatic nitrogens is 4. The normalized spacial score (nSPS) is 15.3. The molecule has 1 unspecified atom stereocenters. The van der Waals surface area contributed by atoms with Gasteiger partial charge in [0.25, 0.3) is 0 Å². The van der Waals surface area contributed by atoms with Gasteiger partial charge in [0, 0.05) is 25.1 Å². The van der Waals surface area contributed by atoms with Crippen molar-refractivity contribution in [3.63, 3.8) is 0 Å². The summed E-state index contributed by atoms with van der Waals surface area (Å²) in [6, 6.07) is 14.4. The number of fused-ring (bicyclic) bond motifs is 1. The zero-order valence-corrected chi connectivity index (χ0v) is 19.1. The van der Waals surface area contributed by atoms with Crippen LogP contribution in [0.5, 0.6) is 5.88 Å². The van der Waals surface area contributed by atoms with Crippen molar-refractivity contribution in [3.8, 4) is 17.1 Å². The summed E-state index contributed by atoms with van der Waals surface area (Å²) in [7, 11) is 1.48. The Morgan fingerprint density at radius 3 is 2.74 bits per heavy atom. The summed E-state index contributed by atoms with van der Waals surface area (Å²) >= 11 is 0. The van der Waals surface area contributed by atoms with Gasteiger partial charge in [-0.1, -0.05) is 30.3 Å². The van der Waals surface area contributed by atoms with E-state index in [1.807, 2.05) is 30.3 Å². The maximum Gasteiger partial charge on any atom is 0.346 e. The third kappa shape index (κ3) is 4.62. The summed E-state index contributed by atoms with van der Waals surface area (Å²) in [5.74, 6) is 0.445. The molecule has 2 N–H and O–H groups in total. The first-order valence-electron chi connectivity index (χ1n) is 11.0. The number of methoxy groups -OCH3 is 1. The summed E-state index contributed by atoms with van der Waals surface area (Å²) in [5.41, 5.74) is 3.19. The molecule has 1 aromatic carbocycles.